The second-order valence-corrected chi connectivity index (χ2v) is 2.19. The minimum Gasteiger partial charge on any atom is -0.464 e. The summed E-state index contributed by atoms with van der Waals surface area (Å²) in [6, 6.07) is 0. The van der Waals surface area contributed by atoms with Crippen molar-refractivity contribution in [3.05, 3.63) is 0 Å². The largest absolute Gasteiger partial charge is 0.464 e. The summed E-state index contributed by atoms with van der Waals surface area (Å²) in [6.07, 6.45) is -0.234. The molecule has 0 spiro atoms. The van der Waals surface area contributed by atoms with Crippen molar-refractivity contribution in [1.82, 2.24) is 0 Å². The Balaban J connectivity index is 3.80. The molecule has 1 atom stereocenters. The van der Waals surface area contributed by atoms with Crippen molar-refractivity contribution in [2.45, 2.75) is 26.4 Å². The monoisotopic (exact) mass is 178 g/mol. The van der Waals surface area contributed by atoms with Crippen LogP contribution in [0.3, 0.4) is 0 Å². The highest BCUT2D eigenvalue weighted by Crippen LogP contribution is 2.08. The smallest absolute Gasteiger partial charge is 0.336 e. The average molecular weight is 178 g/mol. The van der Waals surface area contributed by atoms with E-state index in [1.54, 1.807) is 13.8 Å². The summed E-state index contributed by atoms with van der Waals surface area (Å²) in [4.78, 5) is 10.9. The fourth-order valence-corrected chi connectivity index (χ4v) is 0.910. The summed E-state index contributed by atoms with van der Waals surface area (Å²) >= 11 is 0. The predicted octanol–water partition coefficient (Wildman–Crippen LogP) is 1.55. The normalized spacial score (nSPS) is 12.9. The first-order valence-electron chi connectivity index (χ1n) is 3.41. The van der Waals surface area contributed by atoms with E-state index >= 15 is 0 Å². The fourth-order valence-electron chi connectivity index (χ4n) is 0.571. The maximum absolute atomic E-state index is 10.9. The van der Waals surface area contributed by atoms with Crippen LogP contribution in [0.2, 0.25) is 0 Å². The Morgan fingerprint density at radius 2 is 2.18 bits per heavy atom. The maximum Gasteiger partial charge on any atom is 0.336 e. The van der Waals surface area contributed by atoms with Crippen molar-refractivity contribution < 1.29 is 18.6 Å². The van der Waals surface area contributed by atoms with Gasteiger partial charge in [-0.15, -0.1) is 0 Å². The van der Waals surface area contributed by atoms with E-state index in [-0.39, 0.29) is 0 Å². The number of rotatable bonds is 5. The Labute approximate surface area is 67.2 Å². The molecule has 0 aromatic rings. The van der Waals surface area contributed by atoms with Crippen LogP contribution in [0.4, 0.5) is 0 Å². The molecule has 1 unspecified atom stereocenters. The third kappa shape index (κ3) is 4.06. The van der Waals surface area contributed by atoms with Gasteiger partial charge in [-0.1, -0.05) is 6.92 Å². The van der Waals surface area contributed by atoms with Gasteiger partial charge in [0.1, 0.15) is 0 Å². The zero-order chi connectivity index (χ0) is 8.69. The molecule has 11 heavy (non-hydrogen) atoms. The van der Waals surface area contributed by atoms with Crippen LogP contribution in [0.25, 0.3) is 0 Å². The van der Waals surface area contributed by atoms with Crippen LogP contribution in [-0.2, 0) is 18.6 Å². The standard InChI is InChI=1S/C6H11O4P/c1-3-5(10-11-8)6(7)9-4-2/h5H,3-4H2,1-2H3. The molecule has 64 valence electrons. The molecule has 0 heterocycles. The molecular weight excluding hydrogens is 167 g/mol. The van der Waals surface area contributed by atoms with E-state index in [0.717, 1.165) is 0 Å². The quantitative estimate of drug-likeness (QED) is 0.473. The highest BCUT2D eigenvalue weighted by Gasteiger charge is 2.17. The minimum absolute atomic E-state index is 0.314. The molecule has 0 N–H and O–H groups in total. The Kier molecular flexibility index (Phi) is 5.99. The van der Waals surface area contributed by atoms with E-state index < -0.39 is 20.8 Å². The molecule has 0 bridgehead atoms. The summed E-state index contributed by atoms with van der Waals surface area (Å²) in [6.45, 7) is 3.78. The summed E-state index contributed by atoms with van der Waals surface area (Å²) in [7, 11) is -0.486. The molecule has 0 saturated heterocycles. The van der Waals surface area contributed by atoms with E-state index in [0.29, 0.717) is 13.0 Å². The number of esters is 1. The number of carbonyl (C=O) groups is 1. The zero-order valence-corrected chi connectivity index (χ0v) is 7.47. The van der Waals surface area contributed by atoms with Crippen molar-refractivity contribution >= 4 is 14.7 Å². The number of hydrogen-bond donors (Lipinski definition) is 0. The van der Waals surface area contributed by atoms with Gasteiger partial charge in [-0.2, -0.15) is 0 Å². The number of carbonyl (C=O) groups excluding carboxylic acids is 1. The van der Waals surface area contributed by atoms with Crippen molar-refractivity contribution in [3.8, 4) is 0 Å². The van der Waals surface area contributed by atoms with Crippen molar-refractivity contribution in [2.24, 2.45) is 0 Å². The van der Waals surface area contributed by atoms with Crippen LogP contribution in [0, 0.1) is 0 Å². The third-order valence-electron chi connectivity index (χ3n) is 1.09. The summed E-state index contributed by atoms with van der Waals surface area (Å²) < 4.78 is 19.1. The zero-order valence-electron chi connectivity index (χ0n) is 6.57. The lowest BCUT2D eigenvalue weighted by molar-refractivity contribution is -0.151. The van der Waals surface area contributed by atoms with Crippen LogP contribution in [-0.4, -0.2) is 18.7 Å². The molecule has 0 aromatic heterocycles. The second kappa shape index (κ2) is 6.25. The molecule has 4 nitrogen and oxygen atoms in total. The Morgan fingerprint density at radius 3 is 2.55 bits per heavy atom. The summed E-state index contributed by atoms with van der Waals surface area (Å²) in [5.74, 6) is -0.460. The molecular formula is C6H11O4P. The van der Waals surface area contributed by atoms with Crippen LogP contribution >= 0.6 is 8.69 Å². The molecule has 0 amide bonds. The molecule has 0 radical (unpaired) electrons. The first kappa shape index (κ1) is 10.5. The van der Waals surface area contributed by atoms with Crippen molar-refractivity contribution in [2.75, 3.05) is 6.61 Å². The third-order valence-corrected chi connectivity index (χ3v) is 1.43. The van der Waals surface area contributed by atoms with Gasteiger partial charge in [0.25, 0.3) is 0 Å². The lowest BCUT2D eigenvalue weighted by Crippen LogP contribution is -2.22. The van der Waals surface area contributed by atoms with Crippen LogP contribution in [0.5, 0.6) is 0 Å². The lowest BCUT2D eigenvalue weighted by Gasteiger charge is -2.08. The molecule has 0 rings (SSSR count). The number of hydrogen-bond acceptors (Lipinski definition) is 4. The maximum atomic E-state index is 10.9. The van der Waals surface area contributed by atoms with Gasteiger partial charge in [-0.05, 0) is 13.3 Å². The topological polar surface area (TPSA) is 52.6 Å². The van der Waals surface area contributed by atoms with E-state index in [2.05, 4.69) is 9.26 Å². The highest BCUT2D eigenvalue weighted by molar-refractivity contribution is 7.17. The Bertz CT molecular complexity index is 137. The fraction of sp³-hybridized carbons (Fsp3) is 0.833. The van der Waals surface area contributed by atoms with E-state index in [1.165, 1.54) is 0 Å². The number of ether oxygens (including phenoxy) is 1. The van der Waals surface area contributed by atoms with Gasteiger partial charge in [0.05, 0.1) is 6.61 Å². The summed E-state index contributed by atoms with van der Waals surface area (Å²) in [5.41, 5.74) is 0. The molecule has 0 fully saturated rings. The SMILES string of the molecule is CCOC(=O)C(CC)OP=O. The van der Waals surface area contributed by atoms with Gasteiger partial charge in [0.2, 0.25) is 0 Å². The van der Waals surface area contributed by atoms with E-state index in [4.69, 9.17) is 0 Å². The van der Waals surface area contributed by atoms with E-state index in [9.17, 15) is 9.36 Å². The lowest BCUT2D eigenvalue weighted by atomic mass is 10.3. The van der Waals surface area contributed by atoms with E-state index in [1.807, 2.05) is 0 Å². The van der Waals surface area contributed by atoms with Gasteiger partial charge >= 0.3 is 14.7 Å². The molecule has 0 saturated carbocycles. The molecule has 0 aliphatic heterocycles. The highest BCUT2D eigenvalue weighted by atomic mass is 31.1. The van der Waals surface area contributed by atoms with Gasteiger partial charge in [0.15, 0.2) is 6.10 Å². The predicted molar refractivity (Wildman–Crippen MR) is 39.4 cm³/mol. The van der Waals surface area contributed by atoms with Gasteiger partial charge in [-0.25, -0.2) is 9.36 Å². The van der Waals surface area contributed by atoms with Crippen LogP contribution in [0.15, 0.2) is 0 Å². The second-order valence-electron chi connectivity index (χ2n) is 1.83. The molecule has 0 aliphatic rings. The molecule has 0 aliphatic carbocycles. The summed E-state index contributed by atoms with van der Waals surface area (Å²) in [5, 5.41) is 0. The van der Waals surface area contributed by atoms with Gasteiger partial charge in [0, 0.05) is 0 Å². The molecule has 0 aromatic carbocycles. The Morgan fingerprint density at radius 1 is 1.55 bits per heavy atom. The first-order valence-corrected chi connectivity index (χ1v) is 4.14. The van der Waals surface area contributed by atoms with Crippen LogP contribution < -0.4 is 0 Å². The Hall–Kier alpha value is -0.470. The average Bonchev–Trinajstić information content (AvgIpc) is 2.00. The van der Waals surface area contributed by atoms with Gasteiger partial charge in [-0.3, -0.25) is 4.52 Å². The first-order chi connectivity index (χ1) is 5.26. The van der Waals surface area contributed by atoms with Crippen molar-refractivity contribution in [3.63, 3.8) is 0 Å². The van der Waals surface area contributed by atoms with Crippen molar-refractivity contribution in [1.29, 1.82) is 0 Å². The van der Waals surface area contributed by atoms with Gasteiger partial charge < -0.3 is 4.74 Å². The minimum atomic E-state index is -0.700. The molecule has 5 heteroatoms. The van der Waals surface area contributed by atoms with Crippen LogP contribution in [0.1, 0.15) is 20.3 Å².